The van der Waals surface area contributed by atoms with Crippen LogP contribution >= 0.6 is 11.3 Å². The third kappa shape index (κ3) is 2.22. The highest BCUT2D eigenvalue weighted by Crippen LogP contribution is 2.38. The van der Waals surface area contributed by atoms with Crippen molar-refractivity contribution in [3.8, 4) is 11.5 Å². The maximum absolute atomic E-state index is 5.52. The molecule has 0 spiro atoms. The molecule has 0 saturated carbocycles. The summed E-state index contributed by atoms with van der Waals surface area (Å²) >= 11 is 1.81. The third-order valence-corrected chi connectivity index (χ3v) is 4.56. The maximum Gasteiger partial charge on any atom is 0.127 e. The zero-order chi connectivity index (χ0) is 13.2. The Morgan fingerprint density at radius 3 is 2.89 bits per heavy atom. The van der Waals surface area contributed by atoms with Gasteiger partial charge in [0.05, 0.1) is 20.3 Å². The molecule has 19 heavy (non-hydrogen) atoms. The Balaban J connectivity index is 2.04. The second-order valence-corrected chi connectivity index (χ2v) is 5.50. The molecule has 0 saturated heterocycles. The molecule has 3 rings (SSSR count). The summed E-state index contributed by atoms with van der Waals surface area (Å²) in [7, 11) is 3.38. The van der Waals surface area contributed by atoms with Crippen LogP contribution in [0.3, 0.4) is 0 Å². The molecular weight excluding hydrogens is 258 g/mol. The zero-order valence-corrected chi connectivity index (χ0v) is 11.9. The van der Waals surface area contributed by atoms with Crippen LogP contribution in [0, 0.1) is 0 Å². The summed E-state index contributed by atoms with van der Waals surface area (Å²) in [6.45, 7) is 1.00. The predicted molar refractivity (Wildman–Crippen MR) is 77.4 cm³/mol. The van der Waals surface area contributed by atoms with Crippen molar-refractivity contribution in [1.29, 1.82) is 0 Å². The van der Waals surface area contributed by atoms with Gasteiger partial charge in [-0.3, -0.25) is 0 Å². The Bertz CT molecular complexity index is 579. The van der Waals surface area contributed by atoms with Crippen LogP contribution in [0.4, 0.5) is 0 Å². The summed E-state index contributed by atoms with van der Waals surface area (Å²) in [4.78, 5) is 1.40. The highest BCUT2D eigenvalue weighted by molar-refractivity contribution is 7.10. The van der Waals surface area contributed by atoms with Gasteiger partial charge >= 0.3 is 0 Å². The van der Waals surface area contributed by atoms with Gasteiger partial charge in [-0.2, -0.15) is 0 Å². The fraction of sp³-hybridized carbons (Fsp3) is 0.333. The van der Waals surface area contributed by atoms with Crippen LogP contribution in [0.1, 0.15) is 22.0 Å². The minimum Gasteiger partial charge on any atom is -0.497 e. The Morgan fingerprint density at radius 2 is 2.11 bits per heavy atom. The molecule has 1 aliphatic heterocycles. The molecule has 1 unspecified atom stereocenters. The van der Waals surface area contributed by atoms with Gasteiger partial charge in [0.15, 0.2) is 0 Å². The minimum atomic E-state index is 0.226. The van der Waals surface area contributed by atoms with Crippen molar-refractivity contribution in [2.75, 3.05) is 20.8 Å². The van der Waals surface area contributed by atoms with Crippen LogP contribution in [0.25, 0.3) is 0 Å². The maximum atomic E-state index is 5.52. The van der Waals surface area contributed by atoms with Gasteiger partial charge in [0.2, 0.25) is 0 Å². The molecule has 1 N–H and O–H groups in total. The topological polar surface area (TPSA) is 30.5 Å². The number of nitrogens with one attached hydrogen (secondary N) is 1. The largest absolute Gasteiger partial charge is 0.497 e. The normalized spacial score (nSPS) is 17.9. The Hall–Kier alpha value is -1.52. The quantitative estimate of drug-likeness (QED) is 0.934. The molecule has 2 heterocycles. The average molecular weight is 275 g/mol. The number of benzene rings is 1. The lowest BCUT2D eigenvalue weighted by atomic mass is 9.97. The van der Waals surface area contributed by atoms with Gasteiger partial charge in [-0.05, 0) is 35.6 Å². The first-order valence-electron chi connectivity index (χ1n) is 6.35. The SMILES string of the molecule is COc1ccc(C2NCCc3ccsc32)c(OC)c1. The van der Waals surface area contributed by atoms with Gasteiger partial charge in [0.25, 0.3) is 0 Å². The van der Waals surface area contributed by atoms with Gasteiger partial charge in [0, 0.05) is 23.1 Å². The molecule has 1 aromatic carbocycles. The first-order chi connectivity index (χ1) is 9.33. The lowest BCUT2D eigenvalue weighted by Gasteiger charge is -2.26. The fourth-order valence-electron chi connectivity index (χ4n) is 2.56. The summed E-state index contributed by atoms with van der Waals surface area (Å²) < 4.78 is 10.8. The highest BCUT2D eigenvalue weighted by atomic mass is 32.1. The van der Waals surface area contributed by atoms with E-state index in [1.54, 1.807) is 14.2 Å². The zero-order valence-electron chi connectivity index (χ0n) is 11.1. The molecule has 0 bridgehead atoms. The third-order valence-electron chi connectivity index (χ3n) is 3.54. The van der Waals surface area contributed by atoms with Crippen LogP contribution in [-0.2, 0) is 6.42 Å². The van der Waals surface area contributed by atoms with E-state index in [-0.39, 0.29) is 6.04 Å². The van der Waals surface area contributed by atoms with Gasteiger partial charge in [-0.15, -0.1) is 11.3 Å². The Morgan fingerprint density at radius 1 is 1.21 bits per heavy atom. The second-order valence-electron chi connectivity index (χ2n) is 4.56. The number of hydrogen-bond donors (Lipinski definition) is 1. The lowest BCUT2D eigenvalue weighted by molar-refractivity contribution is 0.387. The number of fused-ring (bicyclic) bond motifs is 1. The summed E-state index contributed by atoms with van der Waals surface area (Å²) in [5.74, 6) is 1.70. The molecule has 1 aliphatic rings. The highest BCUT2D eigenvalue weighted by Gasteiger charge is 2.25. The van der Waals surface area contributed by atoms with Crippen molar-refractivity contribution in [3.63, 3.8) is 0 Å². The molecule has 1 atom stereocenters. The van der Waals surface area contributed by atoms with Gasteiger partial charge in [-0.25, -0.2) is 0 Å². The van der Waals surface area contributed by atoms with Crippen LogP contribution < -0.4 is 14.8 Å². The van der Waals surface area contributed by atoms with Crippen molar-refractivity contribution in [2.24, 2.45) is 0 Å². The minimum absolute atomic E-state index is 0.226. The van der Waals surface area contributed by atoms with Crippen molar-refractivity contribution in [1.82, 2.24) is 5.32 Å². The molecule has 3 nitrogen and oxygen atoms in total. The van der Waals surface area contributed by atoms with E-state index >= 15 is 0 Å². The van der Waals surface area contributed by atoms with Gasteiger partial charge in [-0.1, -0.05) is 0 Å². The fourth-order valence-corrected chi connectivity index (χ4v) is 3.61. The predicted octanol–water partition coefficient (Wildman–Crippen LogP) is 3.00. The number of ether oxygens (including phenoxy) is 2. The van der Waals surface area contributed by atoms with E-state index in [1.165, 1.54) is 16.0 Å². The van der Waals surface area contributed by atoms with E-state index in [1.807, 2.05) is 23.5 Å². The summed E-state index contributed by atoms with van der Waals surface area (Å²) in [5, 5.41) is 5.75. The van der Waals surface area contributed by atoms with Gasteiger partial charge in [0.1, 0.15) is 11.5 Å². The molecule has 0 radical (unpaired) electrons. The molecule has 2 aromatic rings. The van der Waals surface area contributed by atoms with Crippen LogP contribution in [0.2, 0.25) is 0 Å². The number of thiophene rings is 1. The van der Waals surface area contributed by atoms with Crippen LogP contribution in [0.15, 0.2) is 29.6 Å². The molecule has 0 fully saturated rings. The number of hydrogen-bond acceptors (Lipinski definition) is 4. The van der Waals surface area contributed by atoms with Crippen LogP contribution in [0.5, 0.6) is 11.5 Å². The first-order valence-corrected chi connectivity index (χ1v) is 7.23. The molecule has 100 valence electrons. The number of rotatable bonds is 3. The van der Waals surface area contributed by atoms with Crippen molar-refractivity contribution >= 4 is 11.3 Å². The van der Waals surface area contributed by atoms with Gasteiger partial charge < -0.3 is 14.8 Å². The molecule has 1 aromatic heterocycles. The average Bonchev–Trinajstić information content (AvgIpc) is 2.95. The van der Waals surface area contributed by atoms with E-state index in [9.17, 15) is 0 Å². The smallest absolute Gasteiger partial charge is 0.127 e. The molecular formula is C15H17NO2S. The molecule has 0 amide bonds. The summed E-state index contributed by atoms with van der Waals surface area (Å²) in [5.41, 5.74) is 2.62. The summed E-state index contributed by atoms with van der Waals surface area (Å²) in [6.07, 6.45) is 1.10. The van der Waals surface area contributed by atoms with Crippen molar-refractivity contribution < 1.29 is 9.47 Å². The van der Waals surface area contributed by atoms with Crippen molar-refractivity contribution in [2.45, 2.75) is 12.5 Å². The first kappa shape index (κ1) is 12.5. The van der Waals surface area contributed by atoms with Crippen LogP contribution in [-0.4, -0.2) is 20.8 Å². The van der Waals surface area contributed by atoms with Crippen molar-refractivity contribution in [3.05, 3.63) is 45.6 Å². The summed E-state index contributed by atoms with van der Waals surface area (Å²) in [6, 6.07) is 8.47. The Labute approximate surface area is 117 Å². The van der Waals surface area contributed by atoms with E-state index in [2.05, 4.69) is 22.8 Å². The molecule has 4 heteroatoms. The Kier molecular flexibility index (Phi) is 3.44. The van der Waals surface area contributed by atoms with E-state index in [0.717, 1.165) is 24.5 Å². The standard InChI is InChI=1S/C15H17NO2S/c1-17-11-3-4-12(13(9-11)18-2)14-15-10(5-7-16-14)6-8-19-15/h3-4,6,8-9,14,16H,5,7H2,1-2H3. The molecule has 0 aliphatic carbocycles. The monoisotopic (exact) mass is 275 g/mol. The van der Waals surface area contributed by atoms with E-state index < -0.39 is 0 Å². The van der Waals surface area contributed by atoms with E-state index in [4.69, 9.17) is 9.47 Å². The number of methoxy groups -OCH3 is 2. The second kappa shape index (κ2) is 5.23. The lowest BCUT2D eigenvalue weighted by Crippen LogP contribution is -2.29. The van der Waals surface area contributed by atoms with E-state index in [0.29, 0.717) is 0 Å².